The number of carbonyl (C=O) groups is 1. The minimum atomic E-state index is -0.778. The van der Waals surface area contributed by atoms with E-state index in [1.165, 1.54) is 0 Å². The lowest BCUT2D eigenvalue weighted by atomic mass is 10.0. The maximum absolute atomic E-state index is 10.7. The summed E-state index contributed by atoms with van der Waals surface area (Å²) >= 11 is 0. The van der Waals surface area contributed by atoms with Crippen LogP contribution < -0.4 is 5.32 Å². The summed E-state index contributed by atoms with van der Waals surface area (Å²) in [5.41, 5.74) is 5.94. The lowest BCUT2D eigenvalue weighted by Crippen LogP contribution is -2.08. The zero-order valence-electron chi connectivity index (χ0n) is 17.9. The van der Waals surface area contributed by atoms with Gasteiger partial charge in [0.05, 0.1) is 0 Å². The molecule has 5 nitrogen and oxygen atoms in total. The van der Waals surface area contributed by atoms with E-state index in [4.69, 9.17) is 9.94 Å². The van der Waals surface area contributed by atoms with Crippen molar-refractivity contribution in [2.24, 2.45) is 5.16 Å². The van der Waals surface area contributed by atoms with E-state index in [-0.39, 0.29) is 12.5 Å². The van der Waals surface area contributed by atoms with E-state index in [1.807, 2.05) is 80.6 Å². The third-order valence-corrected chi connectivity index (χ3v) is 4.68. The first-order chi connectivity index (χ1) is 15.0. The van der Waals surface area contributed by atoms with Crippen LogP contribution in [0.5, 0.6) is 0 Å². The van der Waals surface area contributed by atoms with Crippen molar-refractivity contribution < 1.29 is 14.7 Å². The fourth-order valence-electron chi connectivity index (χ4n) is 3.10. The number of aliphatic carboxylic acids is 1. The Hall–Kier alpha value is -3.60. The van der Waals surface area contributed by atoms with Crippen LogP contribution >= 0.6 is 0 Å². The van der Waals surface area contributed by atoms with Crippen molar-refractivity contribution in [1.82, 2.24) is 0 Å². The van der Waals surface area contributed by atoms with Crippen LogP contribution in [-0.4, -0.2) is 22.9 Å². The van der Waals surface area contributed by atoms with Crippen molar-refractivity contribution in [3.05, 3.63) is 101 Å². The Morgan fingerprint density at radius 1 is 0.935 bits per heavy atom. The van der Waals surface area contributed by atoms with E-state index in [0.717, 1.165) is 33.7 Å². The van der Waals surface area contributed by atoms with Gasteiger partial charge in [-0.25, -0.2) is 0 Å². The Morgan fingerprint density at radius 3 is 2.32 bits per heavy atom. The zero-order chi connectivity index (χ0) is 22.1. The predicted molar refractivity (Wildman–Crippen MR) is 124 cm³/mol. The van der Waals surface area contributed by atoms with Gasteiger partial charge in [-0.2, -0.15) is 0 Å². The minimum Gasteiger partial charge on any atom is -0.481 e. The molecule has 3 aromatic carbocycles. The fraction of sp³-hybridized carbons (Fsp3) is 0.231. The lowest BCUT2D eigenvalue weighted by molar-refractivity contribution is -0.136. The number of carboxylic acid groups (broad SMARTS) is 1. The Labute approximate surface area is 183 Å². The van der Waals surface area contributed by atoms with Crippen LogP contribution in [0.15, 0.2) is 84.0 Å². The molecule has 0 unspecified atom stereocenters. The van der Waals surface area contributed by atoms with Crippen molar-refractivity contribution in [2.45, 2.75) is 39.3 Å². The van der Waals surface area contributed by atoms with Crippen LogP contribution in [0.3, 0.4) is 0 Å². The van der Waals surface area contributed by atoms with E-state index in [1.54, 1.807) is 0 Å². The molecule has 0 saturated heterocycles. The number of nitrogens with one attached hydrogen (secondary N) is 1. The molecule has 0 atom stereocenters. The average Bonchev–Trinajstić information content (AvgIpc) is 2.78. The van der Waals surface area contributed by atoms with Crippen LogP contribution in [0.4, 0.5) is 5.69 Å². The van der Waals surface area contributed by atoms with Gasteiger partial charge in [0.2, 0.25) is 0 Å². The summed E-state index contributed by atoms with van der Waals surface area (Å²) in [7, 11) is 0. The van der Waals surface area contributed by atoms with Gasteiger partial charge in [0.25, 0.3) is 0 Å². The number of nitrogens with zero attached hydrogens (tertiary/aromatic N) is 1. The monoisotopic (exact) mass is 416 g/mol. The molecule has 0 aliphatic heterocycles. The molecule has 0 aliphatic carbocycles. The Kier molecular flexibility index (Phi) is 7.82. The van der Waals surface area contributed by atoms with Crippen LogP contribution in [0.1, 0.15) is 42.5 Å². The summed E-state index contributed by atoms with van der Waals surface area (Å²) in [6.45, 7) is 4.58. The van der Waals surface area contributed by atoms with Gasteiger partial charge in [-0.3, -0.25) is 4.79 Å². The van der Waals surface area contributed by atoms with E-state index in [9.17, 15) is 4.79 Å². The summed E-state index contributed by atoms with van der Waals surface area (Å²) in [4.78, 5) is 16.3. The molecular formula is C26H28N2O3. The number of rotatable bonds is 10. The van der Waals surface area contributed by atoms with E-state index >= 15 is 0 Å². The normalized spacial score (nSPS) is 11.4. The number of benzene rings is 3. The smallest absolute Gasteiger partial charge is 0.303 e. The summed E-state index contributed by atoms with van der Waals surface area (Å²) in [6, 6.07) is 26.2. The van der Waals surface area contributed by atoms with Crippen molar-refractivity contribution in [3.63, 3.8) is 0 Å². The predicted octanol–water partition coefficient (Wildman–Crippen LogP) is 5.49. The number of hydrogen-bond donors (Lipinski definition) is 2. The minimum absolute atomic E-state index is 0.00188. The van der Waals surface area contributed by atoms with Crippen LogP contribution in [-0.2, 0) is 22.6 Å². The summed E-state index contributed by atoms with van der Waals surface area (Å²) < 4.78 is 0. The highest BCUT2D eigenvalue weighted by atomic mass is 16.6. The molecule has 2 N–H and O–H groups in total. The second-order valence-electron chi connectivity index (χ2n) is 7.60. The molecule has 0 aromatic heterocycles. The highest BCUT2D eigenvalue weighted by molar-refractivity contribution is 6.12. The summed E-state index contributed by atoms with van der Waals surface area (Å²) in [5, 5.41) is 16.6. The number of carboxylic acids is 1. The highest BCUT2D eigenvalue weighted by Gasteiger charge is 2.09. The maximum Gasteiger partial charge on any atom is 0.303 e. The van der Waals surface area contributed by atoms with Gasteiger partial charge in [0.15, 0.2) is 0 Å². The number of oxime groups is 1. The van der Waals surface area contributed by atoms with E-state index < -0.39 is 5.97 Å². The van der Waals surface area contributed by atoms with Crippen molar-refractivity contribution in [2.75, 3.05) is 5.32 Å². The maximum atomic E-state index is 10.7. The Morgan fingerprint density at radius 2 is 1.65 bits per heavy atom. The first-order valence-corrected chi connectivity index (χ1v) is 10.4. The molecule has 0 heterocycles. The molecule has 3 aromatic rings. The largest absolute Gasteiger partial charge is 0.481 e. The second kappa shape index (κ2) is 11.0. The fourth-order valence-corrected chi connectivity index (χ4v) is 3.10. The summed E-state index contributed by atoms with van der Waals surface area (Å²) in [5.74, 6) is -0.778. The van der Waals surface area contributed by atoms with Crippen LogP contribution in [0.25, 0.3) is 0 Å². The molecule has 0 amide bonds. The first-order valence-electron chi connectivity index (χ1n) is 10.4. The molecule has 3 rings (SSSR count). The number of anilines is 1. The third kappa shape index (κ3) is 7.00. The highest BCUT2D eigenvalue weighted by Crippen LogP contribution is 2.16. The number of hydrogen-bond acceptors (Lipinski definition) is 4. The van der Waals surface area contributed by atoms with Gasteiger partial charge in [-0.15, -0.1) is 0 Å². The number of aryl methyl sites for hydroxylation is 1. The quantitative estimate of drug-likeness (QED) is 0.338. The molecule has 31 heavy (non-hydrogen) atoms. The van der Waals surface area contributed by atoms with Crippen molar-refractivity contribution in [3.8, 4) is 0 Å². The molecule has 0 spiro atoms. The molecular weight excluding hydrogens is 388 g/mol. The molecule has 0 bridgehead atoms. The SMILES string of the molecule is CC(C)O/N=C(/c1ccccc1)c1cccc(CNc2ccc(CCC(=O)O)cc2)c1. The van der Waals surface area contributed by atoms with Gasteiger partial charge in [0.1, 0.15) is 11.8 Å². The van der Waals surface area contributed by atoms with Crippen LogP contribution in [0.2, 0.25) is 0 Å². The molecule has 0 saturated carbocycles. The van der Waals surface area contributed by atoms with Gasteiger partial charge in [0, 0.05) is 29.8 Å². The molecule has 0 aliphatic rings. The van der Waals surface area contributed by atoms with Gasteiger partial charge >= 0.3 is 5.97 Å². The second-order valence-corrected chi connectivity index (χ2v) is 7.60. The molecule has 0 fully saturated rings. The van der Waals surface area contributed by atoms with Gasteiger partial charge < -0.3 is 15.3 Å². The molecule has 5 heteroatoms. The van der Waals surface area contributed by atoms with Gasteiger partial charge in [-0.1, -0.05) is 65.8 Å². The van der Waals surface area contributed by atoms with Gasteiger partial charge in [-0.05, 0) is 49.6 Å². The van der Waals surface area contributed by atoms with E-state index in [2.05, 4.69) is 22.6 Å². The summed E-state index contributed by atoms with van der Waals surface area (Å²) in [6.07, 6.45) is 0.686. The molecule has 160 valence electrons. The van der Waals surface area contributed by atoms with Crippen LogP contribution in [0, 0.1) is 0 Å². The van der Waals surface area contributed by atoms with Crippen molar-refractivity contribution in [1.29, 1.82) is 0 Å². The molecule has 0 radical (unpaired) electrons. The van der Waals surface area contributed by atoms with Crippen molar-refractivity contribution >= 4 is 17.4 Å². The first kappa shape index (κ1) is 22.1. The Bertz CT molecular complexity index is 1010. The standard InChI is InChI=1S/C26H28N2O3/c1-19(2)31-28-26(22-8-4-3-5-9-22)23-10-6-7-21(17-23)18-27-24-14-11-20(12-15-24)13-16-25(29)30/h3-12,14-15,17,19,27H,13,16,18H2,1-2H3,(H,29,30)/b28-26-. The van der Waals surface area contributed by atoms with E-state index in [0.29, 0.717) is 13.0 Å². The zero-order valence-corrected chi connectivity index (χ0v) is 17.9. The Balaban J connectivity index is 1.71. The topological polar surface area (TPSA) is 70.9 Å². The third-order valence-electron chi connectivity index (χ3n) is 4.68. The average molecular weight is 417 g/mol. The lowest BCUT2D eigenvalue weighted by Gasteiger charge is -2.12.